The average Bonchev–Trinajstić information content (AvgIpc) is 3.24. The van der Waals surface area contributed by atoms with Gasteiger partial charge in [-0.1, -0.05) is 12.1 Å². The molecule has 142 valence electrons. The van der Waals surface area contributed by atoms with E-state index in [1.807, 2.05) is 0 Å². The van der Waals surface area contributed by atoms with E-state index in [-0.39, 0.29) is 42.3 Å². The normalized spacial score (nSPS) is 14.7. The molecule has 0 radical (unpaired) electrons. The second-order valence-electron chi connectivity index (χ2n) is 5.58. The molecule has 10 heteroatoms. The van der Waals surface area contributed by atoms with Crippen LogP contribution in [0, 0.1) is 0 Å². The molecule has 2 amide bonds. The Kier molecular flexibility index (Phi) is 5.26. The van der Waals surface area contributed by atoms with E-state index in [1.54, 1.807) is 12.1 Å². The summed E-state index contributed by atoms with van der Waals surface area (Å²) in [5, 5.41) is 2.49. The molecule has 2 aromatic rings. The van der Waals surface area contributed by atoms with Gasteiger partial charge in [-0.3, -0.25) is 14.4 Å². The minimum absolute atomic E-state index is 0.0325. The maximum Gasteiger partial charge on any atom is 0.307 e. The summed E-state index contributed by atoms with van der Waals surface area (Å²) in [6.45, 7) is -0.519. The number of nitrogens with zero attached hydrogens (tertiary/aromatic N) is 1. The number of nitrogens with one attached hydrogen (secondary N) is 1. The summed E-state index contributed by atoms with van der Waals surface area (Å²) in [6, 6.07) is 8.95. The van der Waals surface area contributed by atoms with Gasteiger partial charge in [-0.2, -0.15) is 0 Å². The molecular weight excluding hydrogens is 376 g/mol. The van der Waals surface area contributed by atoms with Crippen LogP contribution >= 0.6 is 0 Å². The number of furan rings is 1. The van der Waals surface area contributed by atoms with Gasteiger partial charge < -0.3 is 14.5 Å². The molecule has 2 heterocycles. The molecule has 0 unspecified atom stereocenters. The molecule has 27 heavy (non-hydrogen) atoms. The minimum Gasteiger partial charge on any atom is -0.464 e. The maximum atomic E-state index is 12.3. The Morgan fingerprint density at radius 3 is 2.63 bits per heavy atom. The van der Waals surface area contributed by atoms with Crippen molar-refractivity contribution >= 4 is 27.8 Å². The fourth-order valence-corrected chi connectivity index (χ4v) is 4.09. The Morgan fingerprint density at radius 2 is 1.93 bits per heavy atom. The zero-order valence-electron chi connectivity index (χ0n) is 14.1. The molecule has 1 aliphatic heterocycles. The van der Waals surface area contributed by atoms with E-state index in [0.29, 0.717) is 4.31 Å². The van der Waals surface area contributed by atoms with Crippen LogP contribution in [0.5, 0.6) is 0 Å². The molecule has 0 bridgehead atoms. The minimum atomic E-state index is -3.92. The van der Waals surface area contributed by atoms with Gasteiger partial charge >= 0.3 is 5.97 Å². The first-order valence-electron chi connectivity index (χ1n) is 8.04. The summed E-state index contributed by atoms with van der Waals surface area (Å²) in [4.78, 5) is 35.5. The molecule has 0 fully saturated rings. The number of hydrogen-bond acceptors (Lipinski definition) is 7. The fourth-order valence-electron chi connectivity index (χ4n) is 2.54. The van der Waals surface area contributed by atoms with E-state index >= 15 is 0 Å². The van der Waals surface area contributed by atoms with Crippen molar-refractivity contribution in [1.82, 2.24) is 9.62 Å². The third-order valence-electron chi connectivity index (χ3n) is 3.83. The van der Waals surface area contributed by atoms with E-state index < -0.39 is 27.8 Å². The quantitative estimate of drug-likeness (QED) is 0.691. The number of carbonyl (C=O) groups is 3. The Labute approximate surface area is 155 Å². The number of fused-ring (bicyclic) bond motifs is 1. The van der Waals surface area contributed by atoms with Crippen molar-refractivity contribution in [2.75, 3.05) is 19.7 Å². The van der Waals surface area contributed by atoms with E-state index in [1.165, 1.54) is 30.5 Å². The molecule has 0 atom stereocenters. The van der Waals surface area contributed by atoms with Gasteiger partial charge in [-0.15, -0.1) is 0 Å². The number of amides is 2. The van der Waals surface area contributed by atoms with Gasteiger partial charge in [0.15, 0.2) is 5.76 Å². The first-order valence-corrected chi connectivity index (χ1v) is 9.48. The number of hydrogen-bond donors (Lipinski definition) is 1. The number of carbonyl (C=O) groups excluding carboxylic acids is 3. The van der Waals surface area contributed by atoms with Crippen molar-refractivity contribution in [3.8, 4) is 0 Å². The SMILES string of the molecule is O=C(CCNC(=O)c1ccco1)OCCN1C(=O)c2ccccc2S1(=O)=O. The lowest BCUT2D eigenvalue weighted by atomic mass is 10.2. The van der Waals surface area contributed by atoms with E-state index in [4.69, 9.17) is 9.15 Å². The standard InChI is InChI=1S/C17H16N2O7S/c20-15(7-8-18-16(21)13-5-3-10-25-13)26-11-9-19-17(22)12-4-1-2-6-14(12)27(19,23)24/h1-6,10H,7-9,11H2,(H,18,21). The van der Waals surface area contributed by atoms with Crippen LogP contribution in [-0.2, 0) is 19.6 Å². The van der Waals surface area contributed by atoms with Crippen molar-refractivity contribution in [3.05, 3.63) is 54.0 Å². The Bertz CT molecular complexity index is 967. The van der Waals surface area contributed by atoms with Gasteiger partial charge in [0, 0.05) is 6.54 Å². The second kappa shape index (κ2) is 7.62. The summed E-state index contributed by atoms with van der Waals surface area (Å²) >= 11 is 0. The third kappa shape index (κ3) is 3.85. The second-order valence-corrected chi connectivity index (χ2v) is 7.41. The van der Waals surface area contributed by atoms with Crippen molar-refractivity contribution in [1.29, 1.82) is 0 Å². The van der Waals surface area contributed by atoms with E-state index in [0.717, 1.165) is 0 Å². The van der Waals surface area contributed by atoms with Crippen LogP contribution in [0.1, 0.15) is 27.3 Å². The van der Waals surface area contributed by atoms with Crippen LogP contribution in [0.4, 0.5) is 0 Å². The Hall–Kier alpha value is -3.14. The molecule has 0 aliphatic carbocycles. The summed E-state index contributed by atoms with van der Waals surface area (Å²) < 4.78 is 35.2. The monoisotopic (exact) mass is 392 g/mol. The van der Waals surface area contributed by atoms with Crippen molar-refractivity contribution in [3.63, 3.8) is 0 Å². The van der Waals surface area contributed by atoms with E-state index in [2.05, 4.69) is 5.32 Å². The zero-order valence-corrected chi connectivity index (χ0v) is 14.9. The number of ether oxygens (including phenoxy) is 1. The van der Waals surface area contributed by atoms with Crippen LogP contribution in [0.25, 0.3) is 0 Å². The van der Waals surface area contributed by atoms with Gasteiger partial charge in [0.05, 0.1) is 24.8 Å². The molecule has 1 N–H and O–H groups in total. The predicted molar refractivity (Wildman–Crippen MR) is 91.3 cm³/mol. The third-order valence-corrected chi connectivity index (χ3v) is 5.67. The van der Waals surface area contributed by atoms with E-state index in [9.17, 15) is 22.8 Å². The number of benzene rings is 1. The lowest BCUT2D eigenvalue weighted by Gasteiger charge is -2.15. The Morgan fingerprint density at radius 1 is 1.15 bits per heavy atom. The summed E-state index contributed by atoms with van der Waals surface area (Å²) in [6.07, 6.45) is 1.25. The highest BCUT2D eigenvalue weighted by atomic mass is 32.2. The summed E-state index contributed by atoms with van der Waals surface area (Å²) in [5.74, 6) is -1.61. The molecule has 1 aliphatic rings. The highest BCUT2D eigenvalue weighted by Gasteiger charge is 2.40. The van der Waals surface area contributed by atoms with Gasteiger partial charge in [0.1, 0.15) is 11.5 Å². The van der Waals surface area contributed by atoms with Crippen molar-refractivity contribution < 1.29 is 32.0 Å². The molecule has 9 nitrogen and oxygen atoms in total. The summed E-state index contributed by atoms with van der Waals surface area (Å²) in [5.41, 5.74) is 0.101. The topological polar surface area (TPSA) is 123 Å². The smallest absolute Gasteiger partial charge is 0.307 e. The van der Waals surface area contributed by atoms with Crippen LogP contribution in [0.15, 0.2) is 52.0 Å². The fraction of sp³-hybridized carbons (Fsp3) is 0.235. The molecule has 3 rings (SSSR count). The first-order chi connectivity index (χ1) is 12.9. The highest BCUT2D eigenvalue weighted by Crippen LogP contribution is 2.29. The van der Waals surface area contributed by atoms with Crippen LogP contribution in [0.2, 0.25) is 0 Å². The average molecular weight is 392 g/mol. The Balaban J connectivity index is 1.44. The van der Waals surface area contributed by atoms with Crippen LogP contribution in [0.3, 0.4) is 0 Å². The largest absolute Gasteiger partial charge is 0.464 e. The van der Waals surface area contributed by atoms with Crippen molar-refractivity contribution in [2.45, 2.75) is 11.3 Å². The lowest BCUT2D eigenvalue weighted by Crippen LogP contribution is -2.34. The van der Waals surface area contributed by atoms with Gasteiger partial charge in [0.25, 0.3) is 21.8 Å². The van der Waals surface area contributed by atoms with Crippen molar-refractivity contribution in [2.24, 2.45) is 0 Å². The number of rotatable bonds is 7. The number of esters is 1. The van der Waals surface area contributed by atoms with Gasteiger partial charge in [0.2, 0.25) is 0 Å². The van der Waals surface area contributed by atoms with Crippen LogP contribution < -0.4 is 5.32 Å². The maximum absolute atomic E-state index is 12.3. The molecule has 1 aromatic carbocycles. The number of sulfonamides is 1. The molecule has 0 spiro atoms. The molecular formula is C17H16N2O7S. The highest BCUT2D eigenvalue weighted by molar-refractivity contribution is 7.90. The first kappa shape index (κ1) is 18.6. The molecule has 0 saturated carbocycles. The van der Waals surface area contributed by atoms with Crippen LogP contribution in [-0.4, -0.2) is 50.2 Å². The predicted octanol–water partition coefficient (Wildman–Crippen LogP) is 0.787. The molecule has 0 saturated heterocycles. The molecule has 1 aromatic heterocycles. The van der Waals surface area contributed by atoms with Gasteiger partial charge in [-0.05, 0) is 24.3 Å². The van der Waals surface area contributed by atoms with Gasteiger partial charge in [-0.25, -0.2) is 12.7 Å². The summed E-state index contributed by atoms with van der Waals surface area (Å²) in [7, 11) is -3.92. The lowest BCUT2D eigenvalue weighted by molar-refractivity contribution is -0.143. The zero-order chi connectivity index (χ0) is 19.4.